The molecule has 6 heteroatoms. The van der Waals surface area contributed by atoms with Gasteiger partial charge in [-0.25, -0.2) is 0 Å². The smallest absolute Gasteiger partial charge is 0.457 e. The van der Waals surface area contributed by atoms with E-state index in [-0.39, 0.29) is 31.9 Å². The Balaban J connectivity index is 1.89. The monoisotopic (exact) mass is 422 g/mol. The summed E-state index contributed by atoms with van der Waals surface area (Å²) >= 11 is 0. The van der Waals surface area contributed by atoms with Crippen molar-refractivity contribution in [1.29, 1.82) is 0 Å². The van der Waals surface area contributed by atoms with Gasteiger partial charge in [0.2, 0.25) is 0 Å². The van der Waals surface area contributed by atoms with Crippen LogP contribution in [0, 0.1) is 11.8 Å². The molecular weight excluding hydrogens is 379 g/mol. The van der Waals surface area contributed by atoms with Gasteiger partial charge in [-0.1, -0.05) is 77.4 Å². The van der Waals surface area contributed by atoms with Gasteiger partial charge in [0.25, 0.3) is 0 Å². The average Bonchev–Trinajstić information content (AvgIpc) is 2.96. The summed E-state index contributed by atoms with van der Waals surface area (Å²) in [6.07, 6.45) is 17.9. The molecule has 172 valence electrons. The highest BCUT2D eigenvalue weighted by Crippen LogP contribution is 2.44. The van der Waals surface area contributed by atoms with Crippen molar-refractivity contribution in [3.05, 3.63) is 12.2 Å². The Morgan fingerprint density at radius 1 is 1.03 bits per heavy atom. The first-order chi connectivity index (χ1) is 14.5. The van der Waals surface area contributed by atoms with E-state index in [2.05, 4.69) is 19.9 Å². The highest BCUT2D eigenvalue weighted by atomic mass is 16.6. The predicted octanol–water partition coefficient (Wildman–Crippen LogP) is 5.62. The van der Waals surface area contributed by atoms with Gasteiger partial charge in [-0.05, 0) is 37.9 Å². The molecular formula is C24H43BO5. The normalized spacial score (nSPS) is 27.1. The van der Waals surface area contributed by atoms with Gasteiger partial charge >= 0.3 is 13.1 Å². The summed E-state index contributed by atoms with van der Waals surface area (Å²) in [5.74, 6) is 0.0348. The van der Waals surface area contributed by atoms with Crippen LogP contribution in [0.15, 0.2) is 12.2 Å². The van der Waals surface area contributed by atoms with Crippen molar-refractivity contribution in [2.24, 2.45) is 11.8 Å². The zero-order valence-corrected chi connectivity index (χ0v) is 19.1. The SMILES string of the molecule is CCCCC[C@H](O)/C=C/[C@@H]1[C@@H](CCCCCCC(=O)O)[C@@H]2C[C@H]1OB(CCCC)O2. The van der Waals surface area contributed by atoms with E-state index < -0.39 is 5.97 Å². The van der Waals surface area contributed by atoms with Crippen molar-refractivity contribution in [3.8, 4) is 0 Å². The predicted molar refractivity (Wildman–Crippen MR) is 121 cm³/mol. The summed E-state index contributed by atoms with van der Waals surface area (Å²) in [5, 5.41) is 19.1. The molecule has 5 nitrogen and oxygen atoms in total. The van der Waals surface area contributed by atoms with Gasteiger partial charge in [0.15, 0.2) is 0 Å². The number of fused-ring (bicyclic) bond motifs is 2. The first-order valence-corrected chi connectivity index (χ1v) is 12.4. The second-order valence-electron chi connectivity index (χ2n) is 9.19. The Labute approximate surface area is 183 Å². The number of carboxylic acids is 1. The molecule has 1 saturated heterocycles. The van der Waals surface area contributed by atoms with Crippen molar-refractivity contribution in [3.63, 3.8) is 0 Å². The maximum Gasteiger partial charge on any atom is 0.457 e. The van der Waals surface area contributed by atoms with Crippen LogP contribution in [-0.2, 0) is 14.1 Å². The number of hydrogen-bond acceptors (Lipinski definition) is 4. The minimum atomic E-state index is -0.703. The van der Waals surface area contributed by atoms with Crippen LogP contribution >= 0.6 is 0 Å². The van der Waals surface area contributed by atoms with Crippen LogP contribution in [0.3, 0.4) is 0 Å². The van der Waals surface area contributed by atoms with E-state index in [0.717, 1.165) is 70.5 Å². The molecule has 1 heterocycles. The maximum absolute atomic E-state index is 10.7. The molecule has 0 aromatic carbocycles. The first kappa shape index (κ1) is 25.4. The number of rotatable bonds is 16. The van der Waals surface area contributed by atoms with Crippen LogP contribution in [0.2, 0.25) is 6.32 Å². The number of unbranched alkanes of at least 4 members (excludes halogenated alkanes) is 6. The summed E-state index contributed by atoms with van der Waals surface area (Å²) in [7, 11) is -0.0837. The van der Waals surface area contributed by atoms with Crippen LogP contribution < -0.4 is 0 Å². The van der Waals surface area contributed by atoms with Crippen LogP contribution in [0.5, 0.6) is 0 Å². The molecule has 30 heavy (non-hydrogen) atoms. The summed E-state index contributed by atoms with van der Waals surface area (Å²) in [4.78, 5) is 10.7. The minimum Gasteiger partial charge on any atom is -0.481 e. The molecule has 0 aromatic heterocycles. The topological polar surface area (TPSA) is 76.0 Å². The Hall–Kier alpha value is -0.845. The van der Waals surface area contributed by atoms with Gasteiger partial charge in [-0.2, -0.15) is 0 Å². The Morgan fingerprint density at radius 3 is 2.50 bits per heavy atom. The van der Waals surface area contributed by atoms with Crippen LogP contribution in [-0.4, -0.2) is 41.6 Å². The molecule has 2 aliphatic rings. The van der Waals surface area contributed by atoms with Crippen molar-refractivity contribution in [2.45, 2.75) is 122 Å². The third kappa shape index (κ3) is 8.72. The van der Waals surface area contributed by atoms with Crippen LogP contribution in [0.1, 0.15) is 97.3 Å². The summed E-state index contributed by atoms with van der Waals surface area (Å²) in [6.45, 7) is 4.37. The second kappa shape index (κ2) is 14.3. The Kier molecular flexibility index (Phi) is 12.1. The zero-order chi connectivity index (χ0) is 21.8. The molecule has 5 atom stereocenters. The van der Waals surface area contributed by atoms with E-state index in [1.807, 2.05) is 6.08 Å². The number of aliphatic hydroxyl groups is 1. The molecule has 2 bridgehead atoms. The van der Waals surface area contributed by atoms with Gasteiger partial charge < -0.3 is 19.5 Å². The highest BCUT2D eigenvalue weighted by molar-refractivity contribution is 6.44. The second-order valence-corrected chi connectivity index (χ2v) is 9.19. The quantitative estimate of drug-likeness (QED) is 0.192. The number of carboxylic acid groups (broad SMARTS) is 1. The standard InChI is InChI=1S/C24H43BO5/c1-3-5-9-12-19(26)15-16-21-20(13-10-7-8-11-14-24(27)28)22-18-23(21)30-25(29-22)17-6-4-2/h15-16,19-23,26H,3-14,17-18H2,1-2H3,(H,27,28)/b16-15+/t19-,20+,21+,22-,23+/m0/s1. The molecule has 2 fully saturated rings. The zero-order valence-electron chi connectivity index (χ0n) is 19.1. The van der Waals surface area contributed by atoms with Crippen molar-refractivity contribution >= 4 is 13.1 Å². The molecule has 1 aliphatic heterocycles. The van der Waals surface area contributed by atoms with Gasteiger partial charge in [-0.3, -0.25) is 4.79 Å². The molecule has 0 radical (unpaired) electrons. The lowest BCUT2D eigenvalue weighted by molar-refractivity contribution is -0.137. The van der Waals surface area contributed by atoms with Gasteiger partial charge in [0.05, 0.1) is 12.2 Å². The van der Waals surface area contributed by atoms with E-state index in [1.165, 1.54) is 12.8 Å². The Morgan fingerprint density at radius 2 is 1.77 bits per heavy atom. The molecule has 0 unspecified atom stereocenters. The minimum absolute atomic E-state index is 0.0837. The summed E-state index contributed by atoms with van der Waals surface area (Å²) in [6, 6.07) is 0. The average molecular weight is 422 g/mol. The maximum atomic E-state index is 10.7. The third-order valence-electron chi connectivity index (χ3n) is 6.65. The van der Waals surface area contributed by atoms with Crippen LogP contribution in [0.4, 0.5) is 0 Å². The summed E-state index contributed by atoms with van der Waals surface area (Å²) < 4.78 is 12.6. The van der Waals surface area contributed by atoms with Crippen molar-refractivity contribution in [2.75, 3.05) is 0 Å². The molecule has 2 rings (SSSR count). The van der Waals surface area contributed by atoms with E-state index in [4.69, 9.17) is 14.4 Å². The van der Waals surface area contributed by atoms with Gasteiger partial charge in [0.1, 0.15) is 0 Å². The number of carbonyl (C=O) groups is 1. The fourth-order valence-electron chi connectivity index (χ4n) is 4.93. The third-order valence-corrected chi connectivity index (χ3v) is 6.65. The summed E-state index contributed by atoms with van der Waals surface area (Å²) in [5.41, 5.74) is 0. The lowest BCUT2D eigenvalue weighted by atomic mass is 9.80. The fourth-order valence-corrected chi connectivity index (χ4v) is 4.93. The molecule has 0 amide bonds. The lowest BCUT2D eigenvalue weighted by Gasteiger charge is -2.28. The lowest BCUT2D eigenvalue weighted by Crippen LogP contribution is -2.37. The van der Waals surface area contributed by atoms with Crippen molar-refractivity contribution in [1.82, 2.24) is 0 Å². The molecule has 0 spiro atoms. The van der Waals surface area contributed by atoms with Crippen LogP contribution in [0.25, 0.3) is 0 Å². The number of aliphatic hydroxyl groups excluding tert-OH is 1. The fraction of sp³-hybridized carbons (Fsp3) is 0.875. The van der Waals surface area contributed by atoms with Gasteiger partial charge in [0, 0.05) is 18.4 Å². The largest absolute Gasteiger partial charge is 0.481 e. The molecule has 1 saturated carbocycles. The van der Waals surface area contributed by atoms with E-state index >= 15 is 0 Å². The van der Waals surface area contributed by atoms with E-state index in [1.54, 1.807) is 0 Å². The molecule has 1 aliphatic carbocycles. The van der Waals surface area contributed by atoms with E-state index in [0.29, 0.717) is 11.8 Å². The molecule has 0 aromatic rings. The van der Waals surface area contributed by atoms with Crippen molar-refractivity contribution < 1.29 is 24.3 Å². The molecule has 2 N–H and O–H groups in total. The van der Waals surface area contributed by atoms with E-state index in [9.17, 15) is 9.90 Å². The number of hydrogen-bond donors (Lipinski definition) is 2. The van der Waals surface area contributed by atoms with Gasteiger partial charge in [-0.15, -0.1) is 0 Å². The first-order valence-electron chi connectivity index (χ1n) is 12.4. The highest BCUT2D eigenvalue weighted by Gasteiger charge is 2.49. The Bertz CT molecular complexity index is 512. The number of aliphatic carboxylic acids is 1.